The van der Waals surface area contributed by atoms with Crippen molar-refractivity contribution in [3.05, 3.63) is 74.7 Å². The molecule has 2 aromatic carbocycles. The summed E-state index contributed by atoms with van der Waals surface area (Å²) in [5.74, 6) is -0.519. The predicted molar refractivity (Wildman–Crippen MR) is 121 cm³/mol. The van der Waals surface area contributed by atoms with E-state index in [1.165, 1.54) is 29.5 Å². The van der Waals surface area contributed by atoms with Crippen molar-refractivity contribution in [2.45, 2.75) is 0 Å². The van der Waals surface area contributed by atoms with Gasteiger partial charge in [-0.3, -0.25) is 4.79 Å². The van der Waals surface area contributed by atoms with Crippen molar-refractivity contribution in [1.82, 2.24) is 4.98 Å². The summed E-state index contributed by atoms with van der Waals surface area (Å²) in [6.07, 6.45) is 1.56. The predicted octanol–water partition coefficient (Wildman–Crippen LogP) is 6.25. The van der Waals surface area contributed by atoms with Gasteiger partial charge in [-0.15, -0.1) is 11.3 Å². The molecule has 0 bridgehead atoms. The van der Waals surface area contributed by atoms with Crippen molar-refractivity contribution >= 4 is 73.3 Å². The first-order valence-electron chi connectivity index (χ1n) is 8.54. The van der Waals surface area contributed by atoms with Crippen LogP contribution in [0, 0.1) is 5.82 Å². The van der Waals surface area contributed by atoms with Crippen molar-refractivity contribution in [2.75, 3.05) is 11.6 Å². The first-order valence-corrected chi connectivity index (χ1v) is 11.0. The fourth-order valence-electron chi connectivity index (χ4n) is 2.47. The maximum Gasteiger partial charge on any atom is 0.287 e. The molecule has 10 heteroatoms. The van der Waals surface area contributed by atoms with Crippen molar-refractivity contribution < 1.29 is 13.9 Å². The van der Waals surface area contributed by atoms with Crippen LogP contribution in [0.2, 0.25) is 10.0 Å². The van der Waals surface area contributed by atoms with E-state index in [1.54, 1.807) is 24.4 Å². The lowest BCUT2D eigenvalue weighted by Crippen LogP contribution is -2.30. The van der Waals surface area contributed by atoms with Gasteiger partial charge >= 0.3 is 0 Å². The van der Waals surface area contributed by atoms with E-state index in [0.717, 1.165) is 21.2 Å². The molecule has 0 spiro atoms. The van der Waals surface area contributed by atoms with Gasteiger partial charge in [0.05, 0.1) is 21.5 Å². The number of hydrogen-bond donors (Lipinski definition) is 0. The van der Waals surface area contributed by atoms with Gasteiger partial charge in [-0.25, -0.2) is 9.37 Å². The lowest BCUT2D eigenvalue weighted by Gasteiger charge is -2.14. The van der Waals surface area contributed by atoms with Crippen LogP contribution in [0.1, 0.15) is 4.88 Å². The number of halogens is 3. The molecular formula is C20H12Cl2FN3O2S2. The zero-order valence-corrected chi connectivity index (χ0v) is 18.2. The lowest BCUT2D eigenvalue weighted by molar-refractivity contribution is -0.120. The van der Waals surface area contributed by atoms with Crippen LogP contribution >= 0.6 is 45.9 Å². The average molecular weight is 480 g/mol. The Hall–Kier alpha value is -2.52. The van der Waals surface area contributed by atoms with Crippen LogP contribution < -0.4 is 9.75 Å². The van der Waals surface area contributed by atoms with E-state index in [-0.39, 0.29) is 12.4 Å². The summed E-state index contributed by atoms with van der Waals surface area (Å²) in [7, 11) is 0. The number of benzene rings is 2. The van der Waals surface area contributed by atoms with Crippen molar-refractivity contribution in [3.8, 4) is 5.75 Å². The SMILES string of the molecule is O=C(COc1ccc(Cl)cc1Cl)N(/N=C/c1cccs1)c1nc2ccc(F)cc2s1. The second-order valence-electron chi connectivity index (χ2n) is 5.94. The maximum absolute atomic E-state index is 13.5. The fourth-order valence-corrected chi connectivity index (χ4v) is 4.48. The average Bonchev–Trinajstić information content (AvgIpc) is 3.37. The van der Waals surface area contributed by atoms with Gasteiger partial charge in [0.1, 0.15) is 11.6 Å². The highest BCUT2D eigenvalue weighted by Crippen LogP contribution is 2.31. The van der Waals surface area contributed by atoms with Gasteiger partial charge < -0.3 is 4.74 Å². The number of hydrogen-bond acceptors (Lipinski definition) is 6. The first-order chi connectivity index (χ1) is 14.5. The van der Waals surface area contributed by atoms with Crippen LogP contribution in [-0.4, -0.2) is 23.7 Å². The molecule has 2 aromatic heterocycles. The Morgan fingerprint density at radius 2 is 2.10 bits per heavy atom. The molecule has 0 fully saturated rings. The standard InChI is InChI=1S/C20H12Cl2FN3O2S2/c21-12-3-6-17(15(22)8-12)28-11-19(27)26(24-10-14-2-1-7-29-14)20-25-16-5-4-13(23)9-18(16)30-20/h1-10H,11H2/b24-10+. The fraction of sp³-hybridized carbons (Fsp3) is 0.0500. The molecule has 0 saturated carbocycles. The van der Waals surface area contributed by atoms with Gasteiger partial charge in [-0.2, -0.15) is 10.1 Å². The van der Waals surface area contributed by atoms with Crippen LogP contribution in [0.4, 0.5) is 9.52 Å². The third-order valence-corrected chi connectivity index (χ3v) is 6.18. The van der Waals surface area contributed by atoms with E-state index in [1.807, 2.05) is 17.5 Å². The highest BCUT2D eigenvalue weighted by molar-refractivity contribution is 7.22. The van der Waals surface area contributed by atoms with Crippen LogP contribution in [0.5, 0.6) is 5.75 Å². The second kappa shape index (κ2) is 9.09. The van der Waals surface area contributed by atoms with Gasteiger partial charge in [0.25, 0.3) is 5.91 Å². The highest BCUT2D eigenvalue weighted by Gasteiger charge is 2.21. The Morgan fingerprint density at radius 3 is 2.87 bits per heavy atom. The number of amides is 1. The Balaban J connectivity index is 1.60. The third-order valence-electron chi connectivity index (χ3n) is 3.85. The summed E-state index contributed by atoms with van der Waals surface area (Å²) in [5.41, 5.74) is 0.571. The van der Waals surface area contributed by atoms with E-state index in [2.05, 4.69) is 10.1 Å². The van der Waals surface area contributed by atoms with Gasteiger partial charge in [0.15, 0.2) is 6.61 Å². The number of ether oxygens (including phenoxy) is 1. The molecule has 0 atom stereocenters. The smallest absolute Gasteiger partial charge is 0.287 e. The molecular weight excluding hydrogens is 468 g/mol. The second-order valence-corrected chi connectivity index (χ2v) is 8.77. The molecule has 0 N–H and O–H groups in total. The van der Waals surface area contributed by atoms with Crippen LogP contribution in [0.3, 0.4) is 0 Å². The molecule has 152 valence electrons. The van der Waals surface area contributed by atoms with Crippen molar-refractivity contribution in [3.63, 3.8) is 0 Å². The monoisotopic (exact) mass is 479 g/mol. The number of carbonyl (C=O) groups excluding carboxylic acids is 1. The van der Waals surface area contributed by atoms with E-state index >= 15 is 0 Å². The van der Waals surface area contributed by atoms with Gasteiger partial charge in [0, 0.05) is 9.90 Å². The number of fused-ring (bicyclic) bond motifs is 1. The zero-order valence-electron chi connectivity index (χ0n) is 15.1. The summed E-state index contributed by atoms with van der Waals surface area (Å²) < 4.78 is 19.7. The highest BCUT2D eigenvalue weighted by atomic mass is 35.5. The van der Waals surface area contributed by atoms with Crippen LogP contribution in [-0.2, 0) is 4.79 Å². The Bertz CT molecular complexity index is 1230. The minimum absolute atomic E-state index is 0.291. The van der Waals surface area contributed by atoms with E-state index in [4.69, 9.17) is 27.9 Å². The number of hydrazone groups is 1. The van der Waals surface area contributed by atoms with Crippen molar-refractivity contribution in [2.24, 2.45) is 5.10 Å². The minimum atomic E-state index is -0.464. The Labute approximate surface area is 188 Å². The van der Waals surface area contributed by atoms with E-state index in [9.17, 15) is 9.18 Å². The molecule has 4 rings (SSSR count). The summed E-state index contributed by atoms with van der Waals surface area (Å²) >= 11 is 14.6. The number of thiazole rings is 1. The Morgan fingerprint density at radius 1 is 1.23 bits per heavy atom. The van der Waals surface area contributed by atoms with E-state index in [0.29, 0.717) is 31.1 Å². The van der Waals surface area contributed by atoms with Crippen molar-refractivity contribution in [1.29, 1.82) is 0 Å². The molecule has 2 heterocycles. The minimum Gasteiger partial charge on any atom is -0.482 e. The molecule has 0 aliphatic heterocycles. The maximum atomic E-state index is 13.5. The van der Waals surface area contributed by atoms with Crippen LogP contribution in [0.25, 0.3) is 10.2 Å². The number of aromatic nitrogens is 1. The normalized spacial score (nSPS) is 11.3. The molecule has 4 aromatic rings. The number of nitrogens with zero attached hydrogens (tertiary/aromatic N) is 3. The van der Waals surface area contributed by atoms with Gasteiger partial charge in [-0.05, 0) is 47.8 Å². The molecule has 0 unspecified atom stereocenters. The quantitative estimate of drug-likeness (QED) is 0.242. The molecule has 1 amide bonds. The molecule has 0 aliphatic carbocycles. The summed E-state index contributed by atoms with van der Waals surface area (Å²) in [6.45, 7) is -0.326. The number of carbonyl (C=O) groups is 1. The molecule has 30 heavy (non-hydrogen) atoms. The first kappa shape index (κ1) is 20.7. The summed E-state index contributed by atoms with van der Waals surface area (Å²) in [4.78, 5) is 18.2. The Kier molecular flexibility index (Phi) is 6.29. The lowest BCUT2D eigenvalue weighted by atomic mass is 10.3. The molecule has 0 aliphatic rings. The molecule has 0 saturated heterocycles. The number of thiophene rings is 1. The zero-order chi connectivity index (χ0) is 21.1. The number of anilines is 1. The van der Waals surface area contributed by atoms with E-state index < -0.39 is 5.91 Å². The van der Waals surface area contributed by atoms with Gasteiger partial charge in [-0.1, -0.05) is 40.6 Å². The summed E-state index contributed by atoms with van der Waals surface area (Å²) in [6, 6.07) is 12.7. The molecule has 0 radical (unpaired) electrons. The summed E-state index contributed by atoms with van der Waals surface area (Å²) in [5, 5.41) is 8.40. The molecule has 5 nitrogen and oxygen atoms in total. The third kappa shape index (κ3) is 4.79. The van der Waals surface area contributed by atoms with Gasteiger partial charge in [0.2, 0.25) is 5.13 Å². The van der Waals surface area contributed by atoms with Crippen LogP contribution in [0.15, 0.2) is 59.0 Å². The largest absolute Gasteiger partial charge is 0.482 e. The topological polar surface area (TPSA) is 54.8 Å². The number of rotatable bonds is 6.